The Morgan fingerprint density at radius 2 is 1.59 bits per heavy atom. The molecule has 0 amide bonds. The summed E-state index contributed by atoms with van der Waals surface area (Å²) in [6.07, 6.45) is 0. The molecule has 0 bridgehead atoms. The van der Waals surface area contributed by atoms with Gasteiger partial charge in [-0.05, 0) is 58.4 Å². The standard InChI is InChI=1S/C13H7Br2NS/c14-10-1-3-11(4-2-10)17-12-5-6-13(15)9(7-12)8-16/h1-7H. The fraction of sp³-hybridized carbons (Fsp3) is 0. The van der Waals surface area contributed by atoms with Gasteiger partial charge in [0, 0.05) is 18.7 Å². The lowest BCUT2D eigenvalue weighted by atomic mass is 10.2. The van der Waals surface area contributed by atoms with E-state index in [2.05, 4.69) is 37.9 Å². The molecular formula is C13H7Br2NS. The Bertz CT molecular complexity index is 573. The van der Waals surface area contributed by atoms with Crippen LogP contribution in [0.1, 0.15) is 5.56 Å². The molecule has 17 heavy (non-hydrogen) atoms. The van der Waals surface area contributed by atoms with Crippen molar-refractivity contribution < 1.29 is 0 Å². The lowest BCUT2D eigenvalue weighted by molar-refractivity contribution is 1.36. The Hall–Kier alpha value is -0.760. The minimum atomic E-state index is 0.659. The lowest BCUT2D eigenvalue weighted by Gasteiger charge is -2.03. The molecule has 84 valence electrons. The molecule has 0 N–H and O–H groups in total. The quantitative estimate of drug-likeness (QED) is 0.724. The summed E-state index contributed by atoms with van der Waals surface area (Å²) in [5, 5.41) is 8.95. The zero-order valence-electron chi connectivity index (χ0n) is 8.65. The van der Waals surface area contributed by atoms with E-state index in [1.165, 1.54) is 0 Å². The van der Waals surface area contributed by atoms with Crippen LogP contribution >= 0.6 is 43.6 Å². The Labute approximate surface area is 121 Å². The summed E-state index contributed by atoms with van der Waals surface area (Å²) in [7, 11) is 0. The summed E-state index contributed by atoms with van der Waals surface area (Å²) < 4.78 is 1.90. The minimum absolute atomic E-state index is 0.659. The van der Waals surface area contributed by atoms with Crippen LogP contribution in [0.5, 0.6) is 0 Å². The zero-order chi connectivity index (χ0) is 12.3. The van der Waals surface area contributed by atoms with Crippen LogP contribution in [0.2, 0.25) is 0 Å². The zero-order valence-corrected chi connectivity index (χ0v) is 12.6. The molecule has 0 heterocycles. The van der Waals surface area contributed by atoms with E-state index in [1.54, 1.807) is 11.8 Å². The third-order valence-corrected chi connectivity index (χ3v) is 4.33. The van der Waals surface area contributed by atoms with Gasteiger partial charge in [0.1, 0.15) is 6.07 Å². The minimum Gasteiger partial charge on any atom is -0.192 e. The normalized spacial score (nSPS) is 9.94. The van der Waals surface area contributed by atoms with Crippen LogP contribution in [-0.4, -0.2) is 0 Å². The van der Waals surface area contributed by atoms with Gasteiger partial charge in [-0.3, -0.25) is 0 Å². The molecule has 0 aliphatic rings. The summed E-state index contributed by atoms with van der Waals surface area (Å²) in [6.45, 7) is 0. The van der Waals surface area contributed by atoms with Crippen LogP contribution in [-0.2, 0) is 0 Å². The van der Waals surface area contributed by atoms with Gasteiger partial charge in [0.25, 0.3) is 0 Å². The maximum absolute atomic E-state index is 8.95. The van der Waals surface area contributed by atoms with E-state index in [1.807, 2.05) is 42.5 Å². The van der Waals surface area contributed by atoms with E-state index in [4.69, 9.17) is 5.26 Å². The van der Waals surface area contributed by atoms with Gasteiger partial charge < -0.3 is 0 Å². The number of rotatable bonds is 2. The van der Waals surface area contributed by atoms with E-state index in [9.17, 15) is 0 Å². The fourth-order valence-corrected chi connectivity index (χ4v) is 2.75. The second-order valence-corrected chi connectivity index (χ2v) is 6.23. The molecule has 4 heteroatoms. The van der Waals surface area contributed by atoms with Gasteiger partial charge in [0.2, 0.25) is 0 Å². The highest BCUT2D eigenvalue weighted by Crippen LogP contribution is 2.31. The van der Waals surface area contributed by atoms with Crippen LogP contribution in [0.15, 0.2) is 61.2 Å². The Kier molecular flexibility index (Phi) is 4.27. The molecule has 0 aliphatic carbocycles. The summed E-state index contributed by atoms with van der Waals surface area (Å²) in [4.78, 5) is 2.21. The van der Waals surface area contributed by atoms with Crippen molar-refractivity contribution in [1.29, 1.82) is 5.26 Å². The van der Waals surface area contributed by atoms with Crippen molar-refractivity contribution in [2.24, 2.45) is 0 Å². The first kappa shape index (κ1) is 12.7. The molecule has 0 radical (unpaired) electrons. The van der Waals surface area contributed by atoms with E-state index < -0.39 is 0 Å². The second kappa shape index (κ2) is 5.72. The number of hydrogen-bond acceptors (Lipinski definition) is 2. The van der Waals surface area contributed by atoms with Crippen molar-refractivity contribution in [3.05, 3.63) is 57.0 Å². The Balaban J connectivity index is 2.25. The molecule has 2 aromatic rings. The summed E-state index contributed by atoms with van der Waals surface area (Å²) in [6, 6.07) is 16.1. The number of halogens is 2. The third kappa shape index (κ3) is 3.35. The lowest BCUT2D eigenvalue weighted by Crippen LogP contribution is -1.79. The average molecular weight is 369 g/mol. The SMILES string of the molecule is N#Cc1cc(Sc2ccc(Br)cc2)ccc1Br. The average Bonchev–Trinajstić information content (AvgIpc) is 2.34. The molecule has 0 aliphatic heterocycles. The summed E-state index contributed by atoms with van der Waals surface area (Å²) in [5.74, 6) is 0. The smallest absolute Gasteiger partial charge is 0.100 e. The molecule has 0 atom stereocenters. The van der Waals surface area contributed by atoms with Crippen molar-refractivity contribution >= 4 is 43.6 Å². The van der Waals surface area contributed by atoms with E-state index in [-0.39, 0.29) is 0 Å². The first-order valence-corrected chi connectivity index (χ1v) is 7.22. The highest BCUT2D eigenvalue weighted by Gasteiger charge is 2.02. The van der Waals surface area contributed by atoms with E-state index in [0.717, 1.165) is 18.7 Å². The predicted molar refractivity (Wildman–Crippen MR) is 77.1 cm³/mol. The topological polar surface area (TPSA) is 23.8 Å². The van der Waals surface area contributed by atoms with Crippen molar-refractivity contribution in [2.45, 2.75) is 9.79 Å². The summed E-state index contributed by atoms with van der Waals surface area (Å²) in [5.41, 5.74) is 0.659. The molecular weight excluding hydrogens is 362 g/mol. The van der Waals surface area contributed by atoms with Crippen molar-refractivity contribution in [1.82, 2.24) is 0 Å². The van der Waals surface area contributed by atoms with Crippen LogP contribution in [0.4, 0.5) is 0 Å². The van der Waals surface area contributed by atoms with E-state index in [0.29, 0.717) is 5.56 Å². The van der Waals surface area contributed by atoms with E-state index >= 15 is 0 Å². The van der Waals surface area contributed by atoms with Gasteiger partial charge in [-0.25, -0.2) is 0 Å². The highest BCUT2D eigenvalue weighted by atomic mass is 79.9. The molecule has 0 fully saturated rings. The number of nitriles is 1. The molecule has 0 saturated carbocycles. The molecule has 0 aromatic heterocycles. The molecule has 2 rings (SSSR count). The predicted octanol–water partition coefficient (Wildman–Crippen LogP) is 5.23. The van der Waals surface area contributed by atoms with Gasteiger partial charge in [-0.2, -0.15) is 5.26 Å². The van der Waals surface area contributed by atoms with Crippen LogP contribution < -0.4 is 0 Å². The van der Waals surface area contributed by atoms with Crippen molar-refractivity contribution in [3.8, 4) is 6.07 Å². The van der Waals surface area contributed by atoms with Gasteiger partial charge in [-0.1, -0.05) is 27.7 Å². The first-order valence-electron chi connectivity index (χ1n) is 4.82. The molecule has 1 nitrogen and oxygen atoms in total. The van der Waals surface area contributed by atoms with Gasteiger partial charge in [0.05, 0.1) is 5.56 Å². The van der Waals surface area contributed by atoms with Gasteiger partial charge in [-0.15, -0.1) is 0 Å². The number of hydrogen-bond donors (Lipinski definition) is 0. The first-order chi connectivity index (χ1) is 8.19. The summed E-state index contributed by atoms with van der Waals surface area (Å²) >= 11 is 8.39. The van der Waals surface area contributed by atoms with Gasteiger partial charge in [0.15, 0.2) is 0 Å². The van der Waals surface area contributed by atoms with Crippen LogP contribution in [0.3, 0.4) is 0 Å². The Morgan fingerprint density at radius 1 is 0.941 bits per heavy atom. The van der Waals surface area contributed by atoms with Crippen LogP contribution in [0, 0.1) is 11.3 Å². The molecule has 2 aromatic carbocycles. The largest absolute Gasteiger partial charge is 0.192 e. The van der Waals surface area contributed by atoms with Crippen molar-refractivity contribution in [2.75, 3.05) is 0 Å². The maximum atomic E-state index is 8.95. The number of benzene rings is 2. The Morgan fingerprint density at radius 3 is 2.24 bits per heavy atom. The maximum Gasteiger partial charge on any atom is 0.100 e. The third-order valence-electron chi connectivity index (χ3n) is 2.11. The number of nitrogens with zero attached hydrogens (tertiary/aromatic N) is 1. The molecule has 0 saturated heterocycles. The van der Waals surface area contributed by atoms with Gasteiger partial charge >= 0.3 is 0 Å². The van der Waals surface area contributed by atoms with Crippen molar-refractivity contribution in [3.63, 3.8) is 0 Å². The highest BCUT2D eigenvalue weighted by molar-refractivity contribution is 9.10. The molecule has 0 spiro atoms. The fourth-order valence-electron chi connectivity index (χ4n) is 1.29. The van der Waals surface area contributed by atoms with Crippen LogP contribution in [0.25, 0.3) is 0 Å². The second-order valence-electron chi connectivity index (χ2n) is 3.31. The molecule has 0 unspecified atom stereocenters. The monoisotopic (exact) mass is 367 g/mol.